The summed E-state index contributed by atoms with van der Waals surface area (Å²) in [4.78, 5) is 24.5. The summed E-state index contributed by atoms with van der Waals surface area (Å²) in [5, 5.41) is 0. The Morgan fingerprint density at radius 2 is 1.87 bits per heavy atom. The summed E-state index contributed by atoms with van der Waals surface area (Å²) in [6.45, 7) is 5.94. The van der Waals surface area contributed by atoms with E-state index in [1.165, 1.54) is 6.08 Å². The number of rotatable bonds is 5. The summed E-state index contributed by atoms with van der Waals surface area (Å²) < 4.78 is 10.1. The van der Waals surface area contributed by atoms with E-state index in [4.69, 9.17) is 9.47 Å². The van der Waals surface area contributed by atoms with Gasteiger partial charge in [-0.05, 0) is 43.5 Å². The SMILES string of the molecule is CCOC(=O)/C=C1\C(=O)C(CC)=C(C)C1c1ccc(OC)cc1. The van der Waals surface area contributed by atoms with Gasteiger partial charge in [0.2, 0.25) is 0 Å². The summed E-state index contributed by atoms with van der Waals surface area (Å²) in [5.41, 5.74) is 3.23. The highest BCUT2D eigenvalue weighted by Crippen LogP contribution is 2.42. The first kappa shape index (κ1) is 17.0. The fourth-order valence-electron chi connectivity index (χ4n) is 3.02. The predicted molar refractivity (Wildman–Crippen MR) is 88.4 cm³/mol. The fraction of sp³-hybridized carbons (Fsp3) is 0.368. The van der Waals surface area contributed by atoms with Crippen LogP contribution in [0.4, 0.5) is 0 Å². The van der Waals surface area contributed by atoms with Crippen LogP contribution in [-0.4, -0.2) is 25.5 Å². The van der Waals surface area contributed by atoms with Crippen molar-refractivity contribution in [1.82, 2.24) is 0 Å². The number of ether oxygens (including phenoxy) is 2. The molecule has 23 heavy (non-hydrogen) atoms. The number of hydrogen-bond donors (Lipinski definition) is 0. The molecule has 0 amide bonds. The second kappa shape index (κ2) is 7.27. The number of carbonyl (C=O) groups excluding carboxylic acids is 2. The third-order valence-corrected chi connectivity index (χ3v) is 4.12. The lowest BCUT2D eigenvalue weighted by Gasteiger charge is -2.15. The largest absolute Gasteiger partial charge is 0.497 e. The van der Waals surface area contributed by atoms with Gasteiger partial charge in [0.15, 0.2) is 5.78 Å². The molecule has 0 aromatic heterocycles. The van der Waals surface area contributed by atoms with Gasteiger partial charge in [-0.25, -0.2) is 4.79 Å². The van der Waals surface area contributed by atoms with Crippen molar-refractivity contribution in [3.05, 3.63) is 52.6 Å². The molecule has 0 saturated heterocycles. The van der Waals surface area contributed by atoms with Crippen LogP contribution in [0.2, 0.25) is 0 Å². The highest BCUT2D eigenvalue weighted by molar-refractivity contribution is 6.15. The molecule has 1 atom stereocenters. The van der Waals surface area contributed by atoms with E-state index in [1.54, 1.807) is 14.0 Å². The standard InChI is InChI=1S/C19H22O4/c1-5-15-12(3)18(13-7-9-14(22-4)10-8-13)16(19(15)21)11-17(20)23-6-2/h7-11,18H,5-6H2,1-4H3/b16-11-. The average Bonchev–Trinajstić information content (AvgIpc) is 2.78. The molecule has 0 bridgehead atoms. The average molecular weight is 314 g/mol. The van der Waals surface area contributed by atoms with Crippen molar-refractivity contribution in [2.75, 3.05) is 13.7 Å². The highest BCUT2D eigenvalue weighted by Gasteiger charge is 2.35. The molecule has 1 aliphatic rings. The van der Waals surface area contributed by atoms with E-state index in [2.05, 4.69) is 0 Å². The lowest BCUT2D eigenvalue weighted by molar-refractivity contribution is -0.137. The second-order valence-corrected chi connectivity index (χ2v) is 5.40. The second-order valence-electron chi connectivity index (χ2n) is 5.40. The molecule has 1 unspecified atom stereocenters. The van der Waals surface area contributed by atoms with Gasteiger partial charge in [0.05, 0.1) is 13.7 Å². The lowest BCUT2D eigenvalue weighted by Crippen LogP contribution is -2.09. The topological polar surface area (TPSA) is 52.6 Å². The summed E-state index contributed by atoms with van der Waals surface area (Å²) in [6.07, 6.45) is 1.99. The van der Waals surface area contributed by atoms with E-state index >= 15 is 0 Å². The predicted octanol–water partition coefficient (Wildman–Crippen LogP) is 3.58. The zero-order chi connectivity index (χ0) is 17.0. The van der Waals surface area contributed by atoms with E-state index in [1.807, 2.05) is 38.1 Å². The van der Waals surface area contributed by atoms with Crippen LogP contribution in [-0.2, 0) is 14.3 Å². The summed E-state index contributed by atoms with van der Waals surface area (Å²) in [5.74, 6) is 0.0255. The number of allylic oxidation sites excluding steroid dienone is 3. The van der Waals surface area contributed by atoms with Crippen LogP contribution in [0, 0.1) is 0 Å². The number of carbonyl (C=O) groups is 2. The molecule has 4 heteroatoms. The van der Waals surface area contributed by atoms with Crippen LogP contribution in [0.15, 0.2) is 47.1 Å². The van der Waals surface area contributed by atoms with Crippen LogP contribution >= 0.6 is 0 Å². The molecule has 0 heterocycles. The molecule has 0 aliphatic heterocycles. The Labute approximate surface area is 136 Å². The van der Waals surface area contributed by atoms with Crippen molar-refractivity contribution in [1.29, 1.82) is 0 Å². The molecule has 1 aromatic carbocycles. The summed E-state index contributed by atoms with van der Waals surface area (Å²) in [6, 6.07) is 7.58. The molecular formula is C19H22O4. The maximum Gasteiger partial charge on any atom is 0.331 e. The van der Waals surface area contributed by atoms with E-state index < -0.39 is 5.97 Å². The molecular weight excluding hydrogens is 292 g/mol. The van der Waals surface area contributed by atoms with Gasteiger partial charge < -0.3 is 9.47 Å². The molecule has 0 saturated carbocycles. The smallest absolute Gasteiger partial charge is 0.331 e. The Balaban J connectivity index is 2.47. The van der Waals surface area contributed by atoms with Gasteiger partial charge in [-0.1, -0.05) is 24.6 Å². The molecule has 0 spiro atoms. The maximum absolute atomic E-state index is 12.6. The number of methoxy groups -OCH3 is 1. The first-order valence-corrected chi connectivity index (χ1v) is 7.80. The zero-order valence-corrected chi connectivity index (χ0v) is 14.0. The van der Waals surface area contributed by atoms with Gasteiger partial charge >= 0.3 is 5.97 Å². The molecule has 4 nitrogen and oxygen atoms in total. The van der Waals surface area contributed by atoms with Crippen LogP contribution in [0.25, 0.3) is 0 Å². The van der Waals surface area contributed by atoms with Gasteiger partial charge in [0.25, 0.3) is 0 Å². The van der Waals surface area contributed by atoms with E-state index in [0.717, 1.165) is 22.5 Å². The molecule has 1 aromatic rings. The number of hydrogen-bond acceptors (Lipinski definition) is 4. The molecule has 2 rings (SSSR count). The zero-order valence-electron chi connectivity index (χ0n) is 14.0. The Morgan fingerprint density at radius 3 is 2.39 bits per heavy atom. The third-order valence-electron chi connectivity index (χ3n) is 4.12. The molecule has 122 valence electrons. The quantitative estimate of drug-likeness (QED) is 0.616. The van der Waals surface area contributed by atoms with Crippen LogP contribution < -0.4 is 4.74 Å². The summed E-state index contributed by atoms with van der Waals surface area (Å²) >= 11 is 0. The Morgan fingerprint density at radius 1 is 1.22 bits per heavy atom. The minimum atomic E-state index is -0.473. The molecule has 0 radical (unpaired) electrons. The lowest BCUT2D eigenvalue weighted by atomic mass is 9.89. The van der Waals surface area contributed by atoms with Crippen LogP contribution in [0.1, 0.15) is 38.7 Å². The van der Waals surface area contributed by atoms with E-state index in [-0.39, 0.29) is 18.3 Å². The van der Waals surface area contributed by atoms with Crippen LogP contribution in [0.5, 0.6) is 5.75 Å². The Hall–Kier alpha value is -2.36. The normalized spacial score (nSPS) is 19.4. The fourth-order valence-corrected chi connectivity index (χ4v) is 3.02. The number of esters is 1. The molecule has 1 aliphatic carbocycles. The van der Waals surface area contributed by atoms with Gasteiger partial charge in [-0.15, -0.1) is 0 Å². The maximum atomic E-state index is 12.6. The van der Waals surface area contributed by atoms with Crippen molar-refractivity contribution >= 4 is 11.8 Å². The Kier molecular flexibility index (Phi) is 5.37. The summed E-state index contributed by atoms with van der Waals surface area (Å²) in [7, 11) is 1.61. The van der Waals surface area contributed by atoms with Gasteiger partial charge in [-0.2, -0.15) is 0 Å². The third kappa shape index (κ3) is 3.36. The monoisotopic (exact) mass is 314 g/mol. The number of ketones is 1. The Bertz CT molecular complexity index is 665. The van der Waals surface area contributed by atoms with E-state index in [9.17, 15) is 9.59 Å². The minimum Gasteiger partial charge on any atom is -0.497 e. The van der Waals surface area contributed by atoms with Gasteiger partial charge in [-0.3, -0.25) is 4.79 Å². The highest BCUT2D eigenvalue weighted by atomic mass is 16.5. The van der Waals surface area contributed by atoms with Gasteiger partial charge in [0.1, 0.15) is 5.75 Å². The first-order chi connectivity index (χ1) is 11.0. The van der Waals surface area contributed by atoms with Crippen molar-refractivity contribution in [2.45, 2.75) is 33.1 Å². The van der Waals surface area contributed by atoms with Crippen molar-refractivity contribution < 1.29 is 19.1 Å². The number of benzene rings is 1. The molecule has 0 fully saturated rings. The minimum absolute atomic E-state index is 0.0566. The van der Waals surface area contributed by atoms with E-state index in [0.29, 0.717) is 12.0 Å². The number of Topliss-reactive ketones (excluding diaryl/α,β-unsaturated/α-hetero) is 1. The first-order valence-electron chi connectivity index (χ1n) is 7.80. The van der Waals surface area contributed by atoms with Crippen molar-refractivity contribution in [3.8, 4) is 5.75 Å². The molecule has 0 N–H and O–H groups in total. The van der Waals surface area contributed by atoms with Crippen molar-refractivity contribution in [3.63, 3.8) is 0 Å². The van der Waals surface area contributed by atoms with Crippen molar-refractivity contribution in [2.24, 2.45) is 0 Å². The van der Waals surface area contributed by atoms with Crippen LogP contribution in [0.3, 0.4) is 0 Å². The van der Waals surface area contributed by atoms with Gasteiger partial charge in [0, 0.05) is 17.6 Å².